The molecule has 48 valence electrons. The van der Waals surface area contributed by atoms with Crippen LogP contribution in [0.15, 0.2) is 0 Å². The van der Waals surface area contributed by atoms with E-state index in [1.54, 1.807) is 0 Å². The maximum atomic E-state index is 10.3. The van der Waals surface area contributed by atoms with Crippen molar-refractivity contribution < 1.29 is 9.90 Å². The first-order valence-corrected chi connectivity index (χ1v) is 2.29. The van der Waals surface area contributed by atoms with Crippen LogP contribution < -0.4 is 10.6 Å². The number of rotatable bonds is 2. The van der Waals surface area contributed by atoms with Gasteiger partial charge in [-0.25, -0.2) is 0 Å². The second kappa shape index (κ2) is 3.40. The van der Waals surface area contributed by atoms with Gasteiger partial charge in [-0.15, -0.1) is 0 Å². The minimum absolute atomic E-state index is 0.424. The molecule has 0 radical (unpaired) electrons. The average Bonchev–Trinajstić information content (AvgIpc) is 1.84. The van der Waals surface area contributed by atoms with Crippen molar-refractivity contribution in [2.45, 2.75) is 6.23 Å². The summed E-state index contributed by atoms with van der Waals surface area (Å²) in [6.45, 7) is 0. The zero-order chi connectivity index (χ0) is 6.57. The Bertz CT molecular complexity index is 84.1. The minimum atomic E-state index is -1.08. The first kappa shape index (κ1) is 7.39. The molecule has 0 aromatic rings. The Hall–Kier alpha value is -0.610. The Morgan fingerprint density at radius 1 is 1.62 bits per heavy atom. The quantitative estimate of drug-likeness (QED) is 0.378. The van der Waals surface area contributed by atoms with Gasteiger partial charge < -0.3 is 10.4 Å². The molecular formula is C4H10N2O2. The van der Waals surface area contributed by atoms with Crippen molar-refractivity contribution in [1.82, 2.24) is 10.6 Å². The second-order valence-electron chi connectivity index (χ2n) is 1.31. The molecule has 0 aliphatic carbocycles. The number of amides is 1. The molecule has 0 bridgehead atoms. The molecule has 0 saturated heterocycles. The summed E-state index contributed by atoms with van der Waals surface area (Å²) in [4.78, 5) is 10.3. The van der Waals surface area contributed by atoms with E-state index in [1.165, 1.54) is 14.1 Å². The molecule has 3 N–H and O–H groups in total. The first-order chi connectivity index (χ1) is 3.72. The highest BCUT2D eigenvalue weighted by Crippen LogP contribution is 1.70. The number of hydrogen-bond acceptors (Lipinski definition) is 3. The normalized spacial score (nSPS) is 12.9. The molecule has 0 spiro atoms. The van der Waals surface area contributed by atoms with E-state index in [0.717, 1.165) is 0 Å². The van der Waals surface area contributed by atoms with Gasteiger partial charge in [-0.05, 0) is 7.05 Å². The van der Waals surface area contributed by atoms with E-state index in [4.69, 9.17) is 5.11 Å². The lowest BCUT2D eigenvalue weighted by atomic mass is 10.5. The molecule has 0 aromatic heterocycles. The highest BCUT2D eigenvalue weighted by atomic mass is 16.3. The second-order valence-corrected chi connectivity index (χ2v) is 1.31. The van der Waals surface area contributed by atoms with Crippen LogP contribution in [-0.4, -0.2) is 31.3 Å². The van der Waals surface area contributed by atoms with E-state index >= 15 is 0 Å². The van der Waals surface area contributed by atoms with Gasteiger partial charge in [0, 0.05) is 7.05 Å². The van der Waals surface area contributed by atoms with Crippen molar-refractivity contribution in [3.8, 4) is 0 Å². The molecule has 0 rings (SSSR count). The van der Waals surface area contributed by atoms with Crippen LogP contribution in [0.4, 0.5) is 0 Å². The molecule has 0 saturated carbocycles. The summed E-state index contributed by atoms with van der Waals surface area (Å²) >= 11 is 0. The molecular weight excluding hydrogens is 108 g/mol. The number of carbonyl (C=O) groups excluding carboxylic acids is 1. The topological polar surface area (TPSA) is 61.4 Å². The van der Waals surface area contributed by atoms with Crippen molar-refractivity contribution in [2.75, 3.05) is 14.1 Å². The lowest BCUT2D eigenvalue weighted by Crippen LogP contribution is -2.40. The molecule has 4 heteroatoms. The van der Waals surface area contributed by atoms with Crippen LogP contribution in [0.2, 0.25) is 0 Å². The van der Waals surface area contributed by atoms with E-state index in [1.807, 2.05) is 0 Å². The number of nitrogens with one attached hydrogen (secondary N) is 2. The number of aliphatic hydroxyl groups is 1. The van der Waals surface area contributed by atoms with Crippen molar-refractivity contribution in [2.24, 2.45) is 0 Å². The van der Waals surface area contributed by atoms with Gasteiger partial charge in [-0.2, -0.15) is 0 Å². The summed E-state index contributed by atoms with van der Waals surface area (Å²) in [6.07, 6.45) is -1.08. The van der Waals surface area contributed by atoms with Crippen LogP contribution in [0.5, 0.6) is 0 Å². The van der Waals surface area contributed by atoms with E-state index in [9.17, 15) is 4.79 Å². The maximum Gasteiger partial charge on any atom is 0.263 e. The van der Waals surface area contributed by atoms with E-state index < -0.39 is 12.1 Å². The zero-order valence-corrected chi connectivity index (χ0v) is 4.93. The van der Waals surface area contributed by atoms with Crippen LogP contribution in [0.1, 0.15) is 0 Å². The molecule has 1 atom stereocenters. The van der Waals surface area contributed by atoms with Gasteiger partial charge in [0.25, 0.3) is 5.91 Å². The van der Waals surface area contributed by atoms with Gasteiger partial charge in [-0.3, -0.25) is 10.1 Å². The molecule has 0 aromatic carbocycles. The standard InChI is InChI=1S/C4H10N2O2/c1-5-3(7)4(8)6-2/h3,5,7H,1-2H3,(H,6,8). The maximum absolute atomic E-state index is 10.3. The van der Waals surface area contributed by atoms with Gasteiger partial charge in [0.2, 0.25) is 0 Å². The summed E-state index contributed by atoms with van der Waals surface area (Å²) in [5.41, 5.74) is 0. The van der Waals surface area contributed by atoms with Crippen molar-refractivity contribution in [3.63, 3.8) is 0 Å². The molecule has 0 aliphatic rings. The van der Waals surface area contributed by atoms with E-state index in [0.29, 0.717) is 0 Å². The molecule has 0 fully saturated rings. The fourth-order valence-corrected chi connectivity index (χ4v) is 0.268. The third-order valence-electron chi connectivity index (χ3n) is 0.768. The zero-order valence-electron chi connectivity index (χ0n) is 4.93. The smallest absolute Gasteiger partial charge is 0.263 e. The Labute approximate surface area is 47.9 Å². The summed E-state index contributed by atoms with van der Waals surface area (Å²) in [6, 6.07) is 0. The van der Waals surface area contributed by atoms with Gasteiger partial charge in [0.1, 0.15) is 0 Å². The number of carbonyl (C=O) groups is 1. The predicted molar refractivity (Wildman–Crippen MR) is 29.1 cm³/mol. The minimum Gasteiger partial charge on any atom is -0.370 e. The Kier molecular flexibility index (Phi) is 3.14. The SMILES string of the molecule is CNC(=O)C(O)NC. The fraction of sp³-hybridized carbons (Fsp3) is 0.750. The third-order valence-corrected chi connectivity index (χ3v) is 0.768. The molecule has 8 heavy (non-hydrogen) atoms. The lowest BCUT2D eigenvalue weighted by Gasteiger charge is -2.04. The molecule has 0 aliphatic heterocycles. The van der Waals surface area contributed by atoms with Crippen LogP contribution in [-0.2, 0) is 4.79 Å². The summed E-state index contributed by atoms with van der Waals surface area (Å²) in [5.74, 6) is -0.424. The molecule has 1 unspecified atom stereocenters. The molecule has 0 heterocycles. The predicted octanol–water partition coefficient (Wildman–Crippen LogP) is -1.73. The fourth-order valence-electron chi connectivity index (χ4n) is 0.268. The van der Waals surface area contributed by atoms with Gasteiger partial charge >= 0.3 is 0 Å². The number of likely N-dealkylation sites (N-methyl/N-ethyl adjacent to an activating group) is 2. The lowest BCUT2D eigenvalue weighted by molar-refractivity contribution is -0.130. The van der Waals surface area contributed by atoms with Crippen molar-refractivity contribution in [3.05, 3.63) is 0 Å². The third kappa shape index (κ3) is 1.90. The number of hydrogen-bond donors (Lipinski definition) is 3. The van der Waals surface area contributed by atoms with E-state index in [-0.39, 0.29) is 0 Å². The largest absolute Gasteiger partial charge is 0.370 e. The number of aliphatic hydroxyl groups excluding tert-OH is 1. The Morgan fingerprint density at radius 2 is 2.12 bits per heavy atom. The summed E-state index contributed by atoms with van der Waals surface area (Å²) in [7, 11) is 2.96. The van der Waals surface area contributed by atoms with Crippen LogP contribution >= 0.6 is 0 Å². The Balaban J connectivity index is 3.46. The van der Waals surface area contributed by atoms with Gasteiger partial charge in [0.05, 0.1) is 0 Å². The Morgan fingerprint density at radius 3 is 2.25 bits per heavy atom. The molecule has 4 nitrogen and oxygen atoms in total. The summed E-state index contributed by atoms with van der Waals surface area (Å²) in [5, 5.41) is 13.2. The first-order valence-electron chi connectivity index (χ1n) is 2.29. The van der Waals surface area contributed by atoms with Crippen LogP contribution in [0, 0.1) is 0 Å². The van der Waals surface area contributed by atoms with Crippen LogP contribution in [0.25, 0.3) is 0 Å². The highest BCUT2D eigenvalue weighted by Gasteiger charge is 2.07. The average molecular weight is 118 g/mol. The molecule has 1 amide bonds. The monoisotopic (exact) mass is 118 g/mol. The van der Waals surface area contributed by atoms with Crippen molar-refractivity contribution >= 4 is 5.91 Å². The van der Waals surface area contributed by atoms with Gasteiger partial charge in [0.15, 0.2) is 6.23 Å². The van der Waals surface area contributed by atoms with E-state index in [2.05, 4.69) is 10.6 Å². The summed E-state index contributed by atoms with van der Waals surface area (Å²) < 4.78 is 0. The van der Waals surface area contributed by atoms with Crippen molar-refractivity contribution in [1.29, 1.82) is 0 Å². The van der Waals surface area contributed by atoms with Gasteiger partial charge in [-0.1, -0.05) is 0 Å². The van der Waals surface area contributed by atoms with Crippen LogP contribution in [0.3, 0.4) is 0 Å². The highest BCUT2D eigenvalue weighted by molar-refractivity contribution is 5.79.